The maximum atomic E-state index is 9.99. The standard InChI is InChI=1S/C6H8O3/c1-3-5(7)4(2)6(8)9/h3,5,7H,1-2H2,(H,8,9)/t5-/m0/s1. The van der Waals surface area contributed by atoms with Gasteiger partial charge in [-0.05, 0) is 0 Å². The van der Waals surface area contributed by atoms with Crippen molar-refractivity contribution < 1.29 is 15.0 Å². The fraction of sp³-hybridized carbons (Fsp3) is 0.167. The monoisotopic (exact) mass is 128 g/mol. The lowest BCUT2D eigenvalue weighted by atomic mass is 10.2. The molecule has 0 fully saturated rings. The average Bonchev–Trinajstić information content (AvgIpc) is 1.84. The number of carboxylic acid groups (broad SMARTS) is 1. The van der Waals surface area contributed by atoms with Gasteiger partial charge in [0.05, 0.1) is 5.57 Å². The molecule has 3 nitrogen and oxygen atoms in total. The summed E-state index contributed by atoms with van der Waals surface area (Å²) in [6, 6.07) is 0. The van der Waals surface area contributed by atoms with E-state index in [1.54, 1.807) is 0 Å². The molecule has 0 heterocycles. The Bertz CT molecular complexity index is 148. The minimum atomic E-state index is -1.21. The van der Waals surface area contributed by atoms with Crippen LogP contribution in [0.4, 0.5) is 0 Å². The molecule has 0 saturated carbocycles. The summed E-state index contributed by atoms with van der Waals surface area (Å²) in [6.07, 6.45) is -0.0290. The van der Waals surface area contributed by atoms with Crippen LogP contribution in [0.2, 0.25) is 0 Å². The van der Waals surface area contributed by atoms with Crippen molar-refractivity contribution in [2.24, 2.45) is 0 Å². The average molecular weight is 128 g/mol. The van der Waals surface area contributed by atoms with Gasteiger partial charge in [-0.1, -0.05) is 12.7 Å². The fourth-order valence-corrected chi connectivity index (χ4v) is 0.269. The molecule has 2 N–H and O–H groups in total. The topological polar surface area (TPSA) is 57.5 Å². The third-order valence-electron chi connectivity index (χ3n) is 0.855. The number of hydrogen-bond acceptors (Lipinski definition) is 2. The third-order valence-corrected chi connectivity index (χ3v) is 0.855. The summed E-state index contributed by atoms with van der Waals surface area (Å²) in [5.74, 6) is -1.21. The van der Waals surface area contributed by atoms with Gasteiger partial charge in [-0.15, -0.1) is 6.58 Å². The smallest absolute Gasteiger partial charge is 0.333 e. The molecule has 0 saturated heterocycles. The summed E-state index contributed by atoms with van der Waals surface area (Å²) in [5, 5.41) is 16.9. The molecule has 0 aromatic rings. The van der Waals surface area contributed by atoms with Gasteiger partial charge in [0, 0.05) is 0 Å². The first-order valence-corrected chi connectivity index (χ1v) is 2.32. The Balaban J connectivity index is 4.03. The Hall–Kier alpha value is -1.09. The van der Waals surface area contributed by atoms with Crippen LogP contribution in [0, 0.1) is 0 Å². The Morgan fingerprint density at radius 3 is 2.22 bits per heavy atom. The zero-order chi connectivity index (χ0) is 7.44. The lowest BCUT2D eigenvalue weighted by Crippen LogP contribution is -2.13. The van der Waals surface area contributed by atoms with Crippen LogP contribution < -0.4 is 0 Å². The maximum absolute atomic E-state index is 9.99. The number of hydrogen-bond donors (Lipinski definition) is 2. The summed E-state index contributed by atoms with van der Waals surface area (Å²) < 4.78 is 0. The van der Waals surface area contributed by atoms with Crippen molar-refractivity contribution in [3.63, 3.8) is 0 Å². The zero-order valence-corrected chi connectivity index (χ0v) is 4.87. The van der Waals surface area contributed by atoms with E-state index < -0.39 is 12.1 Å². The second-order valence-corrected chi connectivity index (χ2v) is 1.51. The van der Waals surface area contributed by atoms with Crippen molar-refractivity contribution >= 4 is 5.97 Å². The van der Waals surface area contributed by atoms with Crippen molar-refractivity contribution in [3.05, 3.63) is 24.8 Å². The van der Waals surface area contributed by atoms with Gasteiger partial charge in [-0.2, -0.15) is 0 Å². The van der Waals surface area contributed by atoms with Gasteiger partial charge in [0.1, 0.15) is 6.10 Å². The van der Waals surface area contributed by atoms with Crippen LogP contribution in [0.15, 0.2) is 24.8 Å². The normalized spacial score (nSPS) is 12.1. The highest BCUT2D eigenvalue weighted by Crippen LogP contribution is 1.98. The molecule has 0 bridgehead atoms. The largest absolute Gasteiger partial charge is 0.478 e. The highest BCUT2D eigenvalue weighted by Gasteiger charge is 2.10. The van der Waals surface area contributed by atoms with Crippen LogP contribution in [0.1, 0.15) is 0 Å². The summed E-state index contributed by atoms with van der Waals surface area (Å²) in [7, 11) is 0. The molecular formula is C6H8O3. The number of carboxylic acids is 1. The molecule has 0 aromatic carbocycles. The van der Waals surface area contributed by atoms with E-state index in [1.807, 2.05) is 0 Å². The van der Waals surface area contributed by atoms with E-state index >= 15 is 0 Å². The Kier molecular flexibility index (Phi) is 2.67. The van der Waals surface area contributed by atoms with Gasteiger partial charge in [-0.3, -0.25) is 0 Å². The minimum absolute atomic E-state index is 0.259. The summed E-state index contributed by atoms with van der Waals surface area (Å²) in [6.45, 7) is 6.29. The van der Waals surface area contributed by atoms with E-state index in [4.69, 9.17) is 10.2 Å². The molecule has 0 amide bonds. The van der Waals surface area contributed by atoms with Gasteiger partial charge in [0.25, 0.3) is 0 Å². The lowest BCUT2D eigenvalue weighted by Gasteiger charge is -2.01. The SMILES string of the molecule is C=C[C@H](O)C(=C)C(=O)O. The van der Waals surface area contributed by atoms with Crippen LogP contribution >= 0.6 is 0 Å². The molecule has 3 heteroatoms. The van der Waals surface area contributed by atoms with Crippen molar-refractivity contribution in [3.8, 4) is 0 Å². The van der Waals surface area contributed by atoms with Gasteiger partial charge in [0.15, 0.2) is 0 Å². The fourth-order valence-electron chi connectivity index (χ4n) is 0.269. The molecular weight excluding hydrogens is 120 g/mol. The van der Waals surface area contributed by atoms with Crippen LogP contribution in [-0.4, -0.2) is 22.3 Å². The molecule has 0 rings (SSSR count). The lowest BCUT2D eigenvalue weighted by molar-refractivity contribution is -0.133. The van der Waals surface area contributed by atoms with Gasteiger partial charge >= 0.3 is 5.97 Å². The predicted octanol–water partition coefficient (Wildman–Crippen LogP) is 0.174. The predicted molar refractivity (Wildman–Crippen MR) is 33.0 cm³/mol. The Morgan fingerprint density at radius 2 is 2.11 bits per heavy atom. The van der Waals surface area contributed by atoms with E-state index in [1.165, 1.54) is 0 Å². The number of aliphatic hydroxyl groups excluding tert-OH is 1. The van der Waals surface area contributed by atoms with E-state index in [-0.39, 0.29) is 5.57 Å². The third kappa shape index (κ3) is 2.10. The first-order chi connectivity index (χ1) is 4.09. The van der Waals surface area contributed by atoms with Crippen LogP contribution in [0.3, 0.4) is 0 Å². The highest BCUT2D eigenvalue weighted by molar-refractivity contribution is 5.87. The maximum Gasteiger partial charge on any atom is 0.333 e. The van der Waals surface area contributed by atoms with Crippen molar-refractivity contribution in [1.82, 2.24) is 0 Å². The summed E-state index contributed by atoms with van der Waals surface area (Å²) in [5.41, 5.74) is -0.259. The molecule has 0 aliphatic heterocycles. The number of carbonyl (C=O) groups is 1. The van der Waals surface area contributed by atoms with Crippen molar-refractivity contribution in [2.45, 2.75) is 6.10 Å². The Morgan fingerprint density at radius 1 is 1.67 bits per heavy atom. The van der Waals surface area contributed by atoms with Gasteiger partial charge < -0.3 is 10.2 Å². The highest BCUT2D eigenvalue weighted by atomic mass is 16.4. The zero-order valence-electron chi connectivity index (χ0n) is 4.87. The van der Waals surface area contributed by atoms with Gasteiger partial charge in [-0.25, -0.2) is 4.79 Å². The van der Waals surface area contributed by atoms with E-state index in [0.717, 1.165) is 6.08 Å². The second-order valence-electron chi connectivity index (χ2n) is 1.51. The molecule has 50 valence electrons. The first kappa shape index (κ1) is 7.91. The number of aliphatic hydroxyl groups is 1. The molecule has 0 aliphatic carbocycles. The van der Waals surface area contributed by atoms with Crippen molar-refractivity contribution in [1.29, 1.82) is 0 Å². The first-order valence-electron chi connectivity index (χ1n) is 2.32. The number of rotatable bonds is 3. The van der Waals surface area contributed by atoms with Crippen molar-refractivity contribution in [2.75, 3.05) is 0 Å². The molecule has 0 spiro atoms. The van der Waals surface area contributed by atoms with Gasteiger partial charge in [0.2, 0.25) is 0 Å². The molecule has 0 aromatic heterocycles. The molecule has 1 atom stereocenters. The van der Waals surface area contributed by atoms with Crippen LogP contribution in [0.25, 0.3) is 0 Å². The van der Waals surface area contributed by atoms with E-state index in [9.17, 15) is 4.79 Å². The van der Waals surface area contributed by atoms with E-state index in [0.29, 0.717) is 0 Å². The van der Waals surface area contributed by atoms with Crippen LogP contribution in [0.5, 0.6) is 0 Å². The quantitative estimate of drug-likeness (QED) is 0.421. The molecule has 0 aliphatic rings. The Labute approximate surface area is 52.9 Å². The summed E-state index contributed by atoms with van der Waals surface area (Å²) in [4.78, 5) is 9.99. The molecule has 0 unspecified atom stereocenters. The van der Waals surface area contributed by atoms with Crippen LogP contribution in [-0.2, 0) is 4.79 Å². The van der Waals surface area contributed by atoms with E-state index in [2.05, 4.69) is 13.2 Å². The summed E-state index contributed by atoms with van der Waals surface area (Å²) >= 11 is 0. The molecule has 9 heavy (non-hydrogen) atoms. The second kappa shape index (κ2) is 3.04. The minimum Gasteiger partial charge on any atom is -0.478 e. The number of aliphatic carboxylic acids is 1. The molecule has 0 radical (unpaired) electrons.